The van der Waals surface area contributed by atoms with Gasteiger partial charge >= 0.3 is 0 Å². The summed E-state index contributed by atoms with van der Waals surface area (Å²) in [6.45, 7) is 4.45. The van der Waals surface area contributed by atoms with Crippen LogP contribution in [-0.4, -0.2) is 23.0 Å². The van der Waals surface area contributed by atoms with Crippen molar-refractivity contribution < 1.29 is 19.1 Å². The molecule has 1 aliphatic rings. The standard InChI is InChI=1S/C42H38N4O4S2/c1-27-16-21-35-36(25-43)42(52-38(35)22-27)46-39(47)28(2)51-34-15-9-14-32(24-34)44-41(49)37(45-40(48)31-12-7-4-8-13-31)23-29-17-19-33(20-18-29)50-26-30-10-5-3-6-11-30/h3-15,17-20,23-24,27-28H,16,21-22,26H2,1-2H3,(H,44,49)(H,45,48)(H,46,47)/b37-23+. The van der Waals surface area contributed by atoms with Crippen LogP contribution < -0.4 is 20.7 Å². The van der Waals surface area contributed by atoms with Crippen LogP contribution in [0.4, 0.5) is 10.7 Å². The van der Waals surface area contributed by atoms with E-state index in [-0.39, 0.29) is 11.6 Å². The van der Waals surface area contributed by atoms with Crippen molar-refractivity contribution in [2.75, 3.05) is 10.6 Å². The number of nitriles is 1. The molecule has 4 aromatic carbocycles. The number of carbonyl (C=O) groups is 3. The van der Waals surface area contributed by atoms with E-state index in [1.807, 2.05) is 73.7 Å². The van der Waals surface area contributed by atoms with Gasteiger partial charge in [0.25, 0.3) is 11.8 Å². The molecule has 0 bridgehead atoms. The van der Waals surface area contributed by atoms with Crippen molar-refractivity contribution in [2.45, 2.75) is 49.9 Å². The van der Waals surface area contributed by atoms with E-state index in [9.17, 15) is 19.6 Å². The number of ether oxygens (including phenoxy) is 1. The molecule has 0 spiro atoms. The minimum absolute atomic E-state index is 0.0546. The fraction of sp³-hybridized carbons (Fsp3) is 0.190. The summed E-state index contributed by atoms with van der Waals surface area (Å²) in [7, 11) is 0. The van der Waals surface area contributed by atoms with Crippen LogP contribution in [0.25, 0.3) is 6.08 Å². The highest BCUT2D eigenvalue weighted by molar-refractivity contribution is 8.00. The van der Waals surface area contributed by atoms with Gasteiger partial charge in [-0.1, -0.05) is 73.7 Å². The van der Waals surface area contributed by atoms with E-state index in [0.29, 0.717) is 45.7 Å². The van der Waals surface area contributed by atoms with Crippen LogP contribution in [0.1, 0.15) is 57.8 Å². The lowest BCUT2D eigenvalue weighted by atomic mass is 9.89. The maximum atomic E-state index is 13.7. The Labute approximate surface area is 311 Å². The first-order valence-corrected chi connectivity index (χ1v) is 18.7. The van der Waals surface area contributed by atoms with Crippen molar-refractivity contribution in [3.8, 4) is 11.8 Å². The van der Waals surface area contributed by atoms with Gasteiger partial charge in [-0.25, -0.2) is 0 Å². The quantitative estimate of drug-likeness (QED) is 0.0873. The first kappa shape index (κ1) is 36.2. The van der Waals surface area contributed by atoms with Crippen LogP contribution >= 0.6 is 23.1 Å². The Bertz CT molecular complexity index is 2120. The molecule has 1 heterocycles. The number of benzene rings is 4. The second-order valence-electron chi connectivity index (χ2n) is 12.6. The number of anilines is 2. The number of fused-ring (bicyclic) bond motifs is 1. The molecular formula is C42H38N4O4S2. The minimum Gasteiger partial charge on any atom is -0.489 e. The number of carbonyl (C=O) groups excluding carboxylic acids is 3. The molecule has 10 heteroatoms. The molecule has 1 aromatic heterocycles. The Morgan fingerprint density at radius 3 is 2.42 bits per heavy atom. The average Bonchev–Trinajstić information content (AvgIpc) is 3.50. The van der Waals surface area contributed by atoms with Gasteiger partial charge in [-0.2, -0.15) is 5.26 Å². The maximum Gasteiger partial charge on any atom is 0.272 e. The van der Waals surface area contributed by atoms with Crippen molar-refractivity contribution in [1.82, 2.24) is 5.32 Å². The molecule has 0 radical (unpaired) electrons. The SMILES string of the molecule is CC1CCc2c(sc(NC(=O)C(C)Sc3cccc(NC(=O)/C(=C\c4ccc(OCc5ccccc5)cc4)NC(=O)c4ccccc4)c3)c2C#N)C1. The summed E-state index contributed by atoms with van der Waals surface area (Å²) in [5, 5.41) is 18.7. The predicted molar refractivity (Wildman–Crippen MR) is 208 cm³/mol. The third-order valence-electron chi connectivity index (χ3n) is 8.60. The average molecular weight is 727 g/mol. The van der Waals surface area contributed by atoms with Crippen molar-refractivity contribution >= 4 is 57.6 Å². The molecule has 2 atom stereocenters. The molecule has 3 amide bonds. The lowest BCUT2D eigenvalue weighted by Gasteiger charge is -2.17. The number of nitrogens with zero attached hydrogens (tertiary/aromatic N) is 1. The third-order valence-corrected chi connectivity index (χ3v) is 10.9. The number of amides is 3. The molecule has 6 rings (SSSR count). The monoisotopic (exact) mass is 726 g/mol. The molecule has 2 unspecified atom stereocenters. The number of thioether (sulfide) groups is 1. The highest BCUT2D eigenvalue weighted by atomic mass is 32.2. The van der Waals surface area contributed by atoms with Gasteiger partial charge in [0, 0.05) is 21.0 Å². The van der Waals surface area contributed by atoms with Crippen molar-refractivity contribution in [3.05, 3.63) is 148 Å². The molecule has 52 heavy (non-hydrogen) atoms. The molecule has 0 fully saturated rings. The first-order chi connectivity index (χ1) is 25.2. The van der Waals surface area contributed by atoms with Gasteiger partial charge in [0.05, 0.1) is 10.8 Å². The predicted octanol–water partition coefficient (Wildman–Crippen LogP) is 8.85. The number of hydrogen-bond acceptors (Lipinski definition) is 7. The summed E-state index contributed by atoms with van der Waals surface area (Å²) in [4.78, 5) is 42.1. The van der Waals surface area contributed by atoms with Gasteiger partial charge in [0.2, 0.25) is 5.91 Å². The van der Waals surface area contributed by atoms with Crippen LogP contribution in [0.3, 0.4) is 0 Å². The lowest BCUT2D eigenvalue weighted by molar-refractivity contribution is -0.115. The number of rotatable bonds is 12. The Morgan fingerprint density at radius 1 is 0.962 bits per heavy atom. The van der Waals surface area contributed by atoms with Crippen molar-refractivity contribution in [3.63, 3.8) is 0 Å². The zero-order valence-electron chi connectivity index (χ0n) is 28.8. The highest BCUT2D eigenvalue weighted by Crippen LogP contribution is 2.39. The second kappa shape index (κ2) is 17.1. The summed E-state index contributed by atoms with van der Waals surface area (Å²) in [6, 6.07) is 35.3. The maximum absolute atomic E-state index is 13.7. The summed E-state index contributed by atoms with van der Waals surface area (Å²) in [6.07, 6.45) is 4.44. The van der Waals surface area contributed by atoms with E-state index in [4.69, 9.17) is 4.74 Å². The fourth-order valence-electron chi connectivity index (χ4n) is 5.78. The molecular weight excluding hydrogens is 689 g/mol. The largest absolute Gasteiger partial charge is 0.489 e. The Balaban J connectivity index is 1.13. The van der Waals surface area contributed by atoms with Crippen LogP contribution in [0, 0.1) is 17.2 Å². The van der Waals surface area contributed by atoms with E-state index >= 15 is 0 Å². The first-order valence-electron chi connectivity index (χ1n) is 17.0. The Hall–Kier alpha value is -5.63. The second-order valence-corrected chi connectivity index (χ2v) is 15.1. The molecule has 3 N–H and O–H groups in total. The lowest BCUT2D eigenvalue weighted by Crippen LogP contribution is -2.30. The summed E-state index contributed by atoms with van der Waals surface area (Å²) in [5.74, 6) is 0.101. The van der Waals surface area contributed by atoms with Gasteiger partial charge in [-0.3, -0.25) is 14.4 Å². The smallest absolute Gasteiger partial charge is 0.272 e. The van der Waals surface area contributed by atoms with E-state index in [2.05, 4.69) is 28.9 Å². The number of thiophene rings is 1. The zero-order chi connectivity index (χ0) is 36.5. The molecule has 0 aliphatic heterocycles. The fourth-order valence-corrected chi connectivity index (χ4v) is 8.07. The highest BCUT2D eigenvalue weighted by Gasteiger charge is 2.26. The summed E-state index contributed by atoms with van der Waals surface area (Å²) >= 11 is 2.85. The van der Waals surface area contributed by atoms with Crippen molar-refractivity contribution in [1.29, 1.82) is 5.26 Å². The Morgan fingerprint density at radius 2 is 1.69 bits per heavy atom. The molecule has 8 nitrogen and oxygen atoms in total. The minimum atomic E-state index is -0.512. The van der Waals surface area contributed by atoms with E-state index in [0.717, 1.165) is 35.3 Å². The van der Waals surface area contributed by atoms with Crippen LogP contribution in [0.5, 0.6) is 5.75 Å². The molecule has 262 valence electrons. The number of hydrogen-bond donors (Lipinski definition) is 3. The van der Waals surface area contributed by atoms with E-state index < -0.39 is 17.1 Å². The van der Waals surface area contributed by atoms with Gasteiger partial charge in [-0.05, 0) is 97.3 Å². The molecule has 0 saturated carbocycles. The molecule has 1 aliphatic carbocycles. The van der Waals surface area contributed by atoms with Gasteiger partial charge in [-0.15, -0.1) is 23.1 Å². The molecule has 5 aromatic rings. The van der Waals surface area contributed by atoms with Gasteiger partial charge < -0.3 is 20.7 Å². The Kier molecular flexibility index (Phi) is 11.9. The number of nitrogens with one attached hydrogen (secondary N) is 3. The van der Waals surface area contributed by atoms with E-state index in [1.165, 1.54) is 28.0 Å². The molecule has 0 saturated heterocycles. The van der Waals surface area contributed by atoms with Crippen LogP contribution in [0.15, 0.2) is 120 Å². The normalized spacial score (nSPS) is 14.3. The third kappa shape index (κ3) is 9.37. The van der Waals surface area contributed by atoms with Crippen LogP contribution in [-0.2, 0) is 29.0 Å². The van der Waals surface area contributed by atoms with E-state index in [1.54, 1.807) is 48.5 Å². The van der Waals surface area contributed by atoms with Gasteiger partial charge in [0.1, 0.15) is 29.1 Å². The summed E-state index contributed by atoms with van der Waals surface area (Å²) < 4.78 is 5.91. The summed E-state index contributed by atoms with van der Waals surface area (Å²) in [5.41, 5.74) is 4.36. The van der Waals surface area contributed by atoms with Crippen molar-refractivity contribution in [2.24, 2.45) is 5.92 Å². The topological polar surface area (TPSA) is 120 Å². The van der Waals surface area contributed by atoms with Crippen LogP contribution in [0.2, 0.25) is 0 Å². The van der Waals surface area contributed by atoms with Gasteiger partial charge in [0.15, 0.2) is 0 Å². The zero-order valence-corrected chi connectivity index (χ0v) is 30.5.